The van der Waals surface area contributed by atoms with Gasteiger partial charge in [-0.05, 0) is 62.0 Å². The van der Waals surface area contributed by atoms with Gasteiger partial charge in [-0.25, -0.2) is 4.98 Å². The van der Waals surface area contributed by atoms with E-state index in [0.29, 0.717) is 61.9 Å². The zero-order chi connectivity index (χ0) is 28.2. The van der Waals surface area contributed by atoms with Gasteiger partial charge in [-0.3, -0.25) is 9.59 Å². The number of carbonyl (C=O) groups excluding carboxylic acids is 2. The van der Waals surface area contributed by atoms with Crippen molar-refractivity contribution < 1.29 is 30.0 Å². The van der Waals surface area contributed by atoms with Crippen LogP contribution in [0.4, 0.5) is 0 Å². The minimum atomic E-state index is -1.14. The van der Waals surface area contributed by atoms with Gasteiger partial charge in [0.05, 0.1) is 16.7 Å². The second kappa shape index (κ2) is 9.57. The van der Waals surface area contributed by atoms with Crippen molar-refractivity contribution in [2.45, 2.75) is 55.6 Å². The van der Waals surface area contributed by atoms with Gasteiger partial charge in [0.2, 0.25) is 5.88 Å². The lowest BCUT2D eigenvalue weighted by Crippen LogP contribution is -2.72. The molecule has 3 aromatic rings. The van der Waals surface area contributed by atoms with Crippen molar-refractivity contribution in [3.8, 4) is 28.8 Å². The van der Waals surface area contributed by atoms with Crippen molar-refractivity contribution in [1.29, 1.82) is 0 Å². The number of ketones is 1. The average Bonchev–Trinajstić information content (AvgIpc) is 2.92. The number of fused-ring (bicyclic) bond motifs is 1. The molecule has 1 amide bonds. The van der Waals surface area contributed by atoms with Gasteiger partial charge in [-0.1, -0.05) is 30.3 Å². The lowest BCUT2D eigenvalue weighted by Gasteiger charge is -2.62. The first-order valence-corrected chi connectivity index (χ1v) is 13.5. The Morgan fingerprint density at radius 2 is 1.90 bits per heavy atom. The molecule has 2 bridgehead atoms. The van der Waals surface area contributed by atoms with Crippen LogP contribution in [-0.4, -0.2) is 78.8 Å². The van der Waals surface area contributed by atoms with Crippen molar-refractivity contribution in [1.82, 2.24) is 20.2 Å². The van der Waals surface area contributed by atoms with Crippen molar-refractivity contribution in [3.63, 3.8) is 0 Å². The van der Waals surface area contributed by atoms with Gasteiger partial charge in [0.1, 0.15) is 11.5 Å². The summed E-state index contributed by atoms with van der Waals surface area (Å²) in [5.41, 5.74) is 1.58. The maximum Gasteiger partial charge on any atom is 0.317 e. The summed E-state index contributed by atoms with van der Waals surface area (Å²) in [6.07, 6.45) is 3.81. The van der Waals surface area contributed by atoms with Gasteiger partial charge < -0.3 is 30.6 Å². The van der Waals surface area contributed by atoms with E-state index in [1.54, 1.807) is 18.2 Å². The molecular weight excluding hydrogens is 512 g/mol. The molecule has 2 heterocycles. The van der Waals surface area contributed by atoms with Crippen LogP contribution in [0.1, 0.15) is 52.7 Å². The second-order valence-electron chi connectivity index (χ2n) is 11.3. The van der Waals surface area contributed by atoms with Crippen molar-refractivity contribution in [2.75, 3.05) is 20.1 Å². The zero-order valence-electron chi connectivity index (χ0n) is 22.2. The molecule has 40 heavy (non-hydrogen) atoms. The predicted octanol–water partition coefficient (Wildman–Crippen LogP) is 2.22. The van der Waals surface area contributed by atoms with Crippen LogP contribution in [0.15, 0.2) is 42.6 Å². The number of aromatic hydroxyl groups is 3. The van der Waals surface area contributed by atoms with Crippen LogP contribution in [-0.2, 0) is 23.1 Å². The molecule has 1 saturated carbocycles. The molecule has 3 aliphatic rings. The number of aliphatic hydroxyl groups is 1. The molecule has 1 aliphatic heterocycles. The van der Waals surface area contributed by atoms with Gasteiger partial charge in [0, 0.05) is 42.6 Å². The molecule has 1 aromatic heterocycles. The minimum Gasteiger partial charge on any atom is -0.507 e. The van der Waals surface area contributed by atoms with Crippen molar-refractivity contribution in [2.24, 2.45) is 0 Å². The maximum atomic E-state index is 13.2. The summed E-state index contributed by atoms with van der Waals surface area (Å²) < 4.78 is 0. The number of likely N-dealkylation sites (tertiary alicyclic amines) is 1. The van der Waals surface area contributed by atoms with E-state index in [1.165, 1.54) is 6.20 Å². The normalized spacial score (nSPS) is 25.6. The number of aromatic nitrogens is 2. The van der Waals surface area contributed by atoms with Crippen LogP contribution >= 0.6 is 0 Å². The van der Waals surface area contributed by atoms with Crippen LogP contribution in [0.2, 0.25) is 0 Å². The summed E-state index contributed by atoms with van der Waals surface area (Å²) in [6.45, 7) is 1.02. The molecule has 3 atom stereocenters. The second-order valence-corrected chi connectivity index (χ2v) is 11.3. The fourth-order valence-corrected chi connectivity index (χ4v) is 7.14. The van der Waals surface area contributed by atoms with Crippen LogP contribution in [0.3, 0.4) is 0 Å². The van der Waals surface area contributed by atoms with E-state index in [-0.39, 0.29) is 35.4 Å². The number of hydrogen-bond donors (Lipinski definition) is 5. The Morgan fingerprint density at radius 3 is 2.65 bits per heavy atom. The molecule has 2 fully saturated rings. The molecule has 1 saturated heterocycles. The number of rotatable bonds is 5. The Bertz CT molecular complexity index is 1510. The lowest BCUT2D eigenvalue weighted by atomic mass is 9.49. The number of nitrogens with zero attached hydrogens (tertiary/aromatic N) is 3. The smallest absolute Gasteiger partial charge is 0.317 e. The van der Waals surface area contributed by atoms with E-state index in [2.05, 4.69) is 20.2 Å². The highest BCUT2D eigenvalue weighted by molar-refractivity contribution is 5.98. The van der Waals surface area contributed by atoms with E-state index in [9.17, 15) is 30.0 Å². The molecule has 208 valence electrons. The third kappa shape index (κ3) is 4.01. The fourth-order valence-electron chi connectivity index (χ4n) is 7.14. The molecule has 2 aliphatic carbocycles. The maximum absolute atomic E-state index is 13.2. The first-order chi connectivity index (χ1) is 19.1. The first-order valence-electron chi connectivity index (χ1n) is 13.5. The third-order valence-electron chi connectivity index (χ3n) is 9.21. The largest absolute Gasteiger partial charge is 0.507 e. The number of phenolic OH excluding ortho intramolecular Hbond substituents is 1. The van der Waals surface area contributed by atoms with Gasteiger partial charge in [0.25, 0.3) is 5.91 Å². The summed E-state index contributed by atoms with van der Waals surface area (Å²) in [5, 5.41) is 45.6. The number of phenols is 1. The van der Waals surface area contributed by atoms with E-state index in [4.69, 9.17) is 0 Å². The molecule has 2 aromatic carbocycles. The van der Waals surface area contributed by atoms with Gasteiger partial charge in [-0.15, -0.1) is 0 Å². The van der Waals surface area contributed by atoms with Crippen LogP contribution in [0.25, 0.3) is 11.1 Å². The number of benzene rings is 2. The number of likely N-dealkylation sites (N-methyl/N-ethyl adjacent to an activating group) is 1. The zero-order valence-corrected chi connectivity index (χ0v) is 22.2. The average molecular weight is 545 g/mol. The predicted molar refractivity (Wildman–Crippen MR) is 145 cm³/mol. The first kappa shape index (κ1) is 26.2. The number of nitrogens with one attached hydrogen (secondary N) is 1. The Morgan fingerprint density at radius 1 is 1.12 bits per heavy atom. The molecule has 5 N–H and O–H groups in total. The molecule has 6 rings (SSSR count). The summed E-state index contributed by atoms with van der Waals surface area (Å²) >= 11 is 0. The Labute approximate surface area is 231 Å². The number of carbonyl (C=O) groups is 2. The van der Waals surface area contributed by atoms with E-state index in [0.717, 1.165) is 11.1 Å². The number of piperidine rings is 1. The third-order valence-corrected chi connectivity index (χ3v) is 9.21. The van der Waals surface area contributed by atoms with E-state index in [1.807, 2.05) is 25.2 Å². The molecular formula is C30H32N4O6. The SMILES string of the molecule is CN1CC[C@]23CC(=O)CC[C@@]2(O)C1Cc1ccc(C(=O)NCCc2ccc(-c4cnc(O)nc4O)cc2)c(O)c13. The van der Waals surface area contributed by atoms with Crippen LogP contribution in [0, 0.1) is 0 Å². The highest BCUT2D eigenvalue weighted by Gasteiger charge is 2.65. The minimum absolute atomic E-state index is 0.0780. The van der Waals surface area contributed by atoms with E-state index < -0.39 is 22.9 Å². The standard InChI is InChI=1S/C30H32N4O6/c1-34-13-11-29-15-20(35)8-10-30(29,40)23(34)14-19-6-7-21(25(36)24(19)29)26(37)31-12-9-17-2-4-18(5-3-17)22-16-32-28(39)33-27(22)38/h2-7,16,23,36,40H,8-15H2,1H3,(H,31,37)(H2,32,33,38,39)/t23?,29-,30-/m1/s1. The fraction of sp³-hybridized carbons (Fsp3) is 0.400. The van der Waals surface area contributed by atoms with E-state index >= 15 is 0 Å². The van der Waals surface area contributed by atoms with Gasteiger partial charge in [0.15, 0.2) is 0 Å². The Hall–Kier alpha value is -4.02. The molecule has 0 spiro atoms. The monoisotopic (exact) mass is 544 g/mol. The summed E-state index contributed by atoms with van der Waals surface area (Å²) in [7, 11) is 1.99. The summed E-state index contributed by atoms with van der Waals surface area (Å²) in [6, 6.07) is 10.2. The van der Waals surface area contributed by atoms with Gasteiger partial charge in [-0.2, -0.15) is 4.98 Å². The number of amides is 1. The Balaban J connectivity index is 1.20. The number of hydrogen-bond acceptors (Lipinski definition) is 9. The molecule has 10 nitrogen and oxygen atoms in total. The molecule has 1 unspecified atom stereocenters. The number of Topliss-reactive ketones (excluding diaryl/α,β-unsaturated/α-hetero) is 1. The highest BCUT2D eigenvalue weighted by atomic mass is 16.3. The topological polar surface area (TPSA) is 156 Å². The van der Waals surface area contributed by atoms with Crippen LogP contribution < -0.4 is 5.32 Å². The van der Waals surface area contributed by atoms with Crippen molar-refractivity contribution >= 4 is 11.7 Å². The quantitative estimate of drug-likeness (QED) is 0.325. The van der Waals surface area contributed by atoms with Crippen LogP contribution in [0.5, 0.6) is 17.6 Å². The lowest BCUT2D eigenvalue weighted by molar-refractivity contribution is -0.169. The van der Waals surface area contributed by atoms with Gasteiger partial charge >= 0.3 is 6.01 Å². The Kier molecular flexibility index (Phi) is 6.27. The summed E-state index contributed by atoms with van der Waals surface area (Å²) in [4.78, 5) is 35.3. The molecule has 10 heteroatoms. The highest BCUT2D eigenvalue weighted by Crippen LogP contribution is 2.59. The summed E-state index contributed by atoms with van der Waals surface area (Å²) in [5.74, 6) is -0.787. The molecule has 0 radical (unpaired) electrons. The van der Waals surface area contributed by atoms with Crippen molar-refractivity contribution in [3.05, 3.63) is 64.8 Å².